The standard InChI is InChI=1S/C23H27Cl3N2O2/c1-4-15(3)27-23(30)21(5-2)28(14-17-8-11-19(25)20(26)12-17)22(29)13-16-6-9-18(24)10-7-16/h6-12,15,21H,4-5,13-14H2,1-3H3,(H,27,30)/t15-,21+/m1/s1. The molecule has 0 aliphatic heterocycles. The maximum Gasteiger partial charge on any atom is 0.243 e. The van der Waals surface area contributed by atoms with Gasteiger partial charge >= 0.3 is 0 Å². The molecule has 4 nitrogen and oxygen atoms in total. The van der Waals surface area contributed by atoms with Gasteiger partial charge in [0.1, 0.15) is 6.04 Å². The van der Waals surface area contributed by atoms with Crippen molar-refractivity contribution in [1.29, 1.82) is 0 Å². The molecule has 0 saturated carbocycles. The molecule has 30 heavy (non-hydrogen) atoms. The average molecular weight is 470 g/mol. The third-order valence-electron chi connectivity index (χ3n) is 4.99. The van der Waals surface area contributed by atoms with Gasteiger partial charge in [-0.3, -0.25) is 9.59 Å². The molecule has 0 aliphatic carbocycles. The molecule has 2 amide bonds. The van der Waals surface area contributed by atoms with Crippen LogP contribution < -0.4 is 5.32 Å². The van der Waals surface area contributed by atoms with E-state index in [2.05, 4.69) is 5.32 Å². The van der Waals surface area contributed by atoms with Gasteiger partial charge in [0, 0.05) is 17.6 Å². The van der Waals surface area contributed by atoms with Crippen molar-refractivity contribution in [1.82, 2.24) is 10.2 Å². The van der Waals surface area contributed by atoms with Gasteiger partial charge < -0.3 is 10.2 Å². The predicted octanol–water partition coefficient (Wildman–Crippen LogP) is 5.91. The molecule has 0 spiro atoms. The van der Waals surface area contributed by atoms with Crippen LogP contribution in [0.2, 0.25) is 15.1 Å². The highest BCUT2D eigenvalue weighted by molar-refractivity contribution is 6.42. The maximum atomic E-state index is 13.3. The van der Waals surface area contributed by atoms with E-state index in [9.17, 15) is 9.59 Å². The number of halogens is 3. The van der Waals surface area contributed by atoms with Crippen molar-refractivity contribution in [3.8, 4) is 0 Å². The second kappa shape index (κ2) is 11.6. The van der Waals surface area contributed by atoms with Crippen molar-refractivity contribution in [2.45, 2.75) is 58.7 Å². The normalized spacial score (nSPS) is 12.9. The molecular weight excluding hydrogens is 443 g/mol. The quantitative estimate of drug-likeness (QED) is 0.496. The number of carbonyl (C=O) groups excluding carboxylic acids is 2. The number of hydrogen-bond donors (Lipinski definition) is 1. The molecule has 162 valence electrons. The second-order valence-corrected chi connectivity index (χ2v) is 8.57. The summed E-state index contributed by atoms with van der Waals surface area (Å²) in [7, 11) is 0. The van der Waals surface area contributed by atoms with Crippen LogP contribution >= 0.6 is 34.8 Å². The first kappa shape index (κ1) is 24.5. The highest BCUT2D eigenvalue weighted by Crippen LogP contribution is 2.24. The first-order valence-electron chi connectivity index (χ1n) is 10.0. The van der Waals surface area contributed by atoms with Crippen LogP contribution in [0, 0.1) is 0 Å². The van der Waals surface area contributed by atoms with Gasteiger partial charge in [-0.1, -0.05) is 66.8 Å². The van der Waals surface area contributed by atoms with Crippen molar-refractivity contribution in [3.05, 3.63) is 68.7 Å². The molecule has 2 atom stereocenters. The Bertz CT molecular complexity index is 871. The van der Waals surface area contributed by atoms with E-state index in [1.54, 1.807) is 29.2 Å². The number of rotatable bonds is 9. The van der Waals surface area contributed by atoms with Gasteiger partial charge in [0.2, 0.25) is 11.8 Å². The topological polar surface area (TPSA) is 49.4 Å². The first-order chi connectivity index (χ1) is 14.2. The van der Waals surface area contributed by atoms with Crippen LogP contribution in [0.3, 0.4) is 0 Å². The summed E-state index contributed by atoms with van der Waals surface area (Å²) in [5, 5.41) is 4.46. The van der Waals surface area contributed by atoms with Gasteiger partial charge in [-0.2, -0.15) is 0 Å². The smallest absolute Gasteiger partial charge is 0.243 e. The Kier molecular flexibility index (Phi) is 9.47. The molecule has 2 aromatic carbocycles. The third-order valence-corrected chi connectivity index (χ3v) is 5.98. The maximum absolute atomic E-state index is 13.3. The molecule has 2 aromatic rings. The molecule has 0 bridgehead atoms. The fraction of sp³-hybridized carbons (Fsp3) is 0.391. The fourth-order valence-electron chi connectivity index (χ4n) is 3.07. The van der Waals surface area contributed by atoms with Gasteiger partial charge in [-0.05, 0) is 55.2 Å². The zero-order valence-electron chi connectivity index (χ0n) is 17.4. The van der Waals surface area contributed by atoms with Crippen LogP contribution in [0.25, 0.3) is 0 Å². The van der Waals surface area contributed by atoms with E-state index in [0.29, 0.717) is 21.5 Å². The zero-order chi connectivity index (χ0) is 22.3. The molecule has 7 heteroatoms. The van der Waals surface area contributed by atoms with Crippen LogP contribution in [-0.4, -0.2) is 28.8 Å². The number of benzene rings is 2. The zero-order valence-corrected chi connectivity index (χ0v) is 19.7. The largest absolute Gasteiger partial charge is 0.352 e. The molecule has 0 heterocycles. The molecule has 0 radical (unpaired) electrons. The molecule has 1 N–H and O–H groups in total. The highest BCUT2D eigenvalue weighted by Gasteiger charge is 2.29. The Morgan fingerprint density at radius 1 is 0.933 bits per heavy atom. The monoisotopic (exact) mass is 468 g/mol. The third kappa shape index (κ3) is 6.90. The summed E-state index contributed by atoms with van der Waals surface area (Å²) in [6, 6.07) is 11.8. The minimum absolute atomic E-state index is 0.0322. The van der Waals surface area contributed by atoms with Crippen LogP contribution in [0.4, 0.5) is 0 Å². The summed E-state index contributed by atoms with van der Waals surface area (Å²) < 4.78 is 0. The van der Waals surface area contributed by atoms with Crippen LogP contribution in [0.15, 0.2) is 42.5 Å². The number of carbonyl (C=O) groups is 2. The number of nitrogens with one attached hydrogen (secondary N) is 1. The van der Waals surface area contributed by atoms with Gasteiger partial charge in [-0.25, -0.2) is 0 Å². The van der Waals surface area contributed by atoms with Gasteiger partial charge in [-0.15, -0.1) is 0 Å². The average Bonchev–Trinajstić information content (AvgIpc) is 2.72. The van der Waals surface area contributed by atoms with Gasteiger partial charge in [0.15, 0.2) is 0 Å². The molecule has 0 unspecified atom stereocenters. The van der Waals surface area contributed by atoms with E-state index in [-0.39, 0.29) is 30.8 Å². The Labute approximate surface area is 193 Å². The van der Waals surface area contributed by atoms with Crippen molar-refractivity contribution in [2.24, 2.45) is 0 Å². The van der Waals surface area contributed by atoms with Crippen molar-refractivity contribution in [2.75, 3.05) is 0 Å². The minimum atomic E-state index is -0.590. The summed E-state index contributed by atoms with van der Waals surface area (Å²) in [4.78, 5) is 27.8. The van der Waals surface area contributed by atoms with Gasteiger partial charge in [0.25, 0.3) is 0 Å². The van der Waals surface area contributed by atoms with Crippen molar-refractivity contribution in [3.63, 3.8) is 0 Å². The van der Waals surface area contributed by atoms with Gasteiger partial charge in [0.05, 0.1) is 16.5 Å². The summed E-state index contributed by atoms with van der Waals surface area (Å²) in [5.74, 6) is -0.300. The second-order valence-electron chi connectivity index (χ2n) is 7.32. The van der Waals surface area contributed by atoms with Crippen molar-refractivity contribution >= 4 is 46.6 Å². The van der Waals surface area contributed by atoms with Crippen molar-refractivity contribution < 1.29 is 9.59 Å². The fourth-order valence-corrected chi connectivity index (χ4v) is 3.52. The Morgan fingerprint density at radius 3 is 2.13 bits per heavy atom. The predicted molar refractivity (Wildman–Crippen MR) is 124 cm³/mol. The molecule has 0 fully saturated rings. The van der Waals surface area contributed by atoms with Crippen LogP contribution in [0.5, 0.6) is 0 Å². The Balaban J connectivity index is 2.31. The summed E-state index contributed by atoms with van der Waals surface area (Å²) >= 11 is 18.1. The Morgan fingerprint density at radius 2 is 1.57 bits per heavy atom. The van der Waals surface area contributed by atoms with E-state index in [1.807, 2.05) is 39.0 Å². The van der Waals surface area contributed by atoms with E-state index in [1.165, 1.54) is 0 Å². The molecular formula is C23H27Cl3N2O2. The van der Waals surface area contributed by atoms with E-state index in [0.717, 1.165) is 17.5 Å². The number of hydrogen-bond acceptors (Lipinski definition) is 2. The van der Waals surface area contributed by atoms with E-state index < -0.39 is 6.04 Å². The molecule has 2 rings (SSSR count). The van der Waals surface area contributed by atoms with E-state index >= 15 is 0 Å². The number of nitrogens with zero attached hydrogens (tertiary/aromatic N) is 1. The summed E-state index contributed by atoms with van der Waals surface area (Å²) in [6.45, 7) is 6.11. The lowest BCUT2D eigenvalue weighted by atomic mass is 10.1. The lowest BCUT2D eigenvalue weighted by Gasteiger charge is -2.31. The molecule has 0 aromatic heterocycles. The number of amides is 2. The Hall–Kier alpha value is -1.75. The first-order valence-corrected chi connectivity index (χ1v) is 11.2. The highest BCUT2D eigenvalue weighted by atomic mass is 35.5. The molecule has 0 saturated heterocycles. The minimum Gasteiger partial charge on any atom is -0.352 e. The van der Waals surface area contributed by atoms with Crippen LogP contribution in [0.1, 0.15) is 44.7 Å². The SMILES string of the molecule is CC[C@@H](C)NC(=O)[C@H](CC)N(Cc1ccc(Cl)c(Cl)c1)C(=O)Cc1ccc(Cl)cc1. The van der Waals surface area contributed by atoms with Crippen LogP contribution in [-0.2, 0) is 22.6 Å². The lowest BCUT2D eigenvalue weighted by molar-refractivity contribution is -0.141. The summed E-state index contributed by atoms with van der Waals surface area (Å²) in [6.07, 6.45) is 1.48. The van der Waals surface area contributed by atoms with E-state index in [4.69, 9.17) is 34.8 Å². The lowest BCUT2D eigenvalue weighted by Crippen LogP contribution is -2.51. The molecule has 0 aliphatic rings. The summed E-state index contributed by atoms with van der Waals surface area (Å²) in [5.41, 5.74) is 1.64.